The molecule has 2 bridgehead atoms. The van der Waals surface area contributed by atoms with Crippen LogP contribution < -0.4 is 20.7 Å². The summed E-state index contributed by atoms with van der Waals surface area (Å²) in [4.78, 5) is 68.1. The summed E-state index contributed by atoms with van der Waals surface area (Å²) in [5.74, 6) is -4.00. The number of hydrogen-bond donors (Lipinski definition) is 4. The van der Waals surface area contributed by atoms with Crippen LogP contribution >= 0.6 is 27.3 Å². The van der Waals surface area contributed by atoms with Crippen LogP contribution in [0.4, 0.5) is 0 Å². The van der Waals surface area contributed by atoms with E-state index in [4.69, 9.17) is 4.74 Å². The molecule has 1 aromatic heterocycles. The number of carboxylic acids is 1. The molecule has 6 rings (SSSR count). The molecule has 4 atom stereocenters. The van der Waals surface area contributed by atoms with E-state index >= 15 is 0 Å². The lowest BCUT2D eigenvalue weighted by atomic mass is 9.90. The van der Waals surface area contributed by atoms with Gasteiger partial charge in [0.05, 0.1) is 12.0 Å². The third-order valence-electron chi connectivity index (χ3n) is 8.18. The molecule has 3 heterocycles. The van der Waals surface area contributed by atoms with Gasteiger partial charge in [0.2, 0.25) is 11.8 Å². The van der Waals surface area contributed by atoms with Crippen LogP contribution in [0.5, 0.6) is 5.75 Å². The van der Waals surface area contributed by atoms with E-state index < -0.39 is 53.5 Å². The number of Topliss-reactive ketones (excluding diaryl/α,β-unsaturated/α-hetero) is 1. The Balaban J connectivity index is 1.50. The third kappa shape index (κ3) is 10.6. The molecule has 2 aliphatic rings. The lowest BCUT2D eigenvalue weighted by molar-refractivity contribution is -0.144. The fourth-order valence-corrected chi connectivity index (χ4v) is 6.58. The van der Waals surface area contributed by atoms with Gasteiger partial charge in [0, 0.05) is 28.6 Å². The van der Waals surface area contributed by atoms with Gasteiger partial charge in [-0.2, -0.15) is 0 Å². The predicted octanol–water partition coefficient (Wildman–Crippen LogP) is 4.29. The average molecular weight is 747 g/mol. The van der Waals surface area contributed by atoms with Gasteiger partial charge in [0.1, 0.15) is 17.8 Å². The number of thiophene rings is 1. The molecule has 4 N–H and O–H groups in total. The number of benzene rings is 3. The number of amides is 3. The van der Waals surface area contributed by atoms with Crippen molar-refractivity contribution < 1.29 is 33.8 Å². The van der Waals surface area contributed by atoms with Gasteiger partial charge in [0.25, 0.3) is 5.91 Å². The minimum atomic E-state index is -1.14. The summed E-state index contributed by atoms with van der Waals surface area (Å²) in [6.45, 7) is -0.371. The third-order valence-corrected chi connectivity index (χ3v) is 9.61. The molecule has 3 amide bonds. The molecule has 4 aromatic rings. The first-order valence-electron chi connectivity index (χ1n) is 15.8. The maximum atomic E-state index is 14.1. The Labute approximate surface area is 296 Å². The standard InChI is InChI=1S/C37H36BrN3O7S/c38-27-12-8-25(9-13-27)19-31-35(44)40-30(18-23-5-2-1-3-6-23)33(42)20-26(37(46)47)17-24-10-14-28(15-11-24)48-22-34(43)39-32(36(45)41-31)21-29-7-4-16-49-29/h1-16,26,30-32H,17-22H2,(H,39,43)(H,40,44)(H,41,45)(H,46,47)/t26-,30+,31-,32+/m1/s1. The molecule has 0 spiro atoms. The first-order valence-corrected chi connectivity index (χ1v) is 17.5. The van der Waals surface area contributed by atoms with E-state index in [1.807, 2.05) is 72.1 Å². The molecular formula is C37H36BrN3O7S. The molecule has 0 radical (unpaired) electrons. The average Bonchev–Trinajstić information content (AvgIpc) is 3.61. The van der Waals surface area contributed by atoms with Crippen molar-refractivity contribution in [2.75, 3.05) is 6.61 Å². The second-order valence-corrected chi connectivity index (χ2v) is 13.8. The van der Waals surface area contributed by atoms with Crippen molar-refractivity contribution in [3.05, 3.63) is 122 Å². The minimum absolute atomic E-state index is 0.0699. The maximum absolute atomic E-state index is 14.1. The second kappa shape index (κ2) is 17.0. The van der Waals surface area contributed by atoms with Crippen LogP contribution in [0.25, 0.3) is 0 Å². The highest BCUT2D eigenvalue weighted by atomic mass is 79.9. The van der Waals surface area contributed by atoms with E-state index in [2.05, 4.69) is 31.9 Å². The Bertz CT molecular complexity index is 1750. The number of aliphatic carboxylic acids is 1. The van der Waals surface area contributed by atoms with Crippen molar-refractivity contribution in [1.29, 1.82) is 0 Å². The smallest absolute Gasteiger partial charge is 0.307 e. The summed E-state index contributed by atoms with van der Waals surface area (Å²) in [5, 5.41) is 20.4. The SMILES string of the molecule is O=C1COc2ccc(cc2)C[C@@H](C(=O)O)CC(=O)[C@H](Cc2ccccc2)NC(=O)[C@@H](Cc2ccc(Br)cc2)NC(=O)[C@H](Cc2cccs2)N1. The van der Waals surface area contributed by atoms with Crippen LogP contribution in [-0.4, -0.2) is 59.3 Å². The fraction of sp³-hybridized carbons (Fsp3) is 0.270. The van der Waals surface area contributed by atoms with Gasteiger partial charge >= 0.3 is 5.97 Å². The number of ketones is 1. The number of carbonyl (C=O) groups excluding carboxylic acids is 4. The van der Waals surface area contributed by atoms with Crippen LogP contribution in [0.2, 0.25) is 0 Å². The van der Waals surface area contributed by atoms with Gasteiger partial charge in [-0.3, -0.25) is 24.0 Å². The van der Waals surface area contributed by atoms with E-state index in [1.165, 1.54) is 11.3 Å². The molecule has 0 saturated heterocycles. The number of rotatable bonds is 7. The van der Waals surface area contributed by atoms with Crippen LogP contribution in [-0.2, 0) is 49.7 Å². The van der Waals surface area contributed by atoms with Gasteiger partial charge < -0.3 is 25.8 Å². The van der Waals surface area contributed by atoms with E-state index in [1.54, 1.807) is 24.3 Å². The van der Waals surface area contributed by atoms with Crippen LogP contribution in [0.15, 0.2) is 101 Å². The largest absolute Gasteiger partial charge is 0.484 e. The van der Waals surface area contributed by atoms with Crippen LogP contribution in [0, 0.1) is 5.92 Å². The van der Waals surface area contributed by atoms with Crippen molar-refractivity contribution >= 4 is 56.7 Å². The zero-order chi connectivity index (χ0) is 34.8. The summed E-state index contributed by atoms with van der Waals surface area (Å²) in [6, 6.07) is 23.5. The Morgan fingerprint density at radius 1 is 0.735 bits per heavy atom. The number of fused-ring (bicyclic) bond motifs is 16. The molecule has 0 aliphatic carbocycles. The highest BCUT2D eigenvalue weighted by Gasteiger charge is 2.32. The van der Waals surface area contributed by atoms with Crippen molar-refractivity contribution in [2.24, 2.45) is 5.92 Å². The summed E-state index contributed by atoms with van der Waals surface area (Å²) in [6.07, 6.45) is 0.143. The Kier molecular flexibility index (Phi) is 12.3. The van der Waals surface area contributed by atoms with Crippen molar-refractivity contribution in [2.45, 2.75) is 50.2 Å². The fourth-order valence-electron chi connectivity index (χ4n) is 5.57. The van der Waals surface area contributed by atoms with Crippen molar-refractivity contribution in [3.63, 3.8) is 0 Å². The lowest BCUT2D eigenvalue weighted by Gasteiger charge is -2.26. The second-order valence-electron chi connectivity index (χ2n) is 11.9. The number of nitrogens with one attached hydrogen (secondary N) is 3. The van der Waals surface area contributed by atoms with Crippen molar-refractivity contribution in [1.82, 2.24) is 16.0 Å². The first kappa shape index (κ1) is 35.5. The van der Waals surface area contributed by atoms with Gasteiger partial charge in [-0.15, -0.1) is 11.3 Å². The van der Waals surface area contributed by atoms with E-state index in [0.29, 0.717) is 11.3 Å². The zero-order valence-corrected chi connectivity index (χ0v) is 28.9. The van der Waals surface area contributed by atoms with Gasteiger partial charge in [0.15, 0.2) is 12.4 Å². The van der Waals surface area contributed by atoms with Crippen molar-refractivity contribution in [3.8, 4) is 5.75 Å². The number of carboxylic acid groups (broad SMARTS) is 1. The number of ether oxygens (including phenoxy) is 1. The van der Waals surface area contributed by atoms with Crippen LogP contribution in [0.1, 0.15) is 28.0 Å². The molecule has 0 unspecified atom stereocenters. The van der Waals surface area contributed by atoms with E-state index in [0.717, 1.165) is 20.5 Å². The Morgan fingerprint density at radius 2 is 1.37 bits per heavy atom. The molecule has 10 nitrogen and oxygen atoms in total. The summed E-state index contributed by atoms with van der Waals surface area (Å²) in [5.41, 5.74) is 2.18. The number of carbonyl (C=O) groups is 5. The molecule has 0 fully saturated rings. The Morgan fingerprint density at radius 3 is 2.02 bits per heavy atom. The highest BCUT2D eigenvalue weighted by Crippen LogP contribution is 2.20. The molecule has 0 saturated carbocycles. The monoisotopic (exact) mass is 745 g/mol. The Hall–Kier alpha value is -4.81. The first-order chi connectivity index (χ1) is 23.6. The molecule has 12 heteroatoms. The lowest BCUT2D eigenvalue weighted by Crippen LogP contribution is -2.57. The highest BCUT2D eigenvalue weighted by molar-refractivity contribution is 9.10. The molecule has 49 heavy (non-hydrogen) atoms. The topological polar surface area (TPSA) is 151 Å². The molecule has 254 valence electrons. The summed E-state index contributed by atoms with van der Waals surface area (Å²) >= 11 is 4.85. The normalized spacial score (nSPS) is 20.9. The predicted molar refractivity (Wildman–Crippen MR) is 188 cm³/mol. The van der Waals surface area contributed by atoms with E-state index in [9.17, 15) is 29.1 Å². The number of hydrogen-bond acceptors (Lipinski definition) is 7. The maximum Gasteiger partial charge on any atom is 0.307 e. The summed E-state index contributed by atoms with van der Waals surface area (Å²) < 4.78 is 6.50. The van der Waals surface area contributed by atoms with E-state index in [-0.39, 0.29) is 38.7 Å². The van der Waals surface area contributed by atoms with Gasteiger partial charge in [-0.1, -0.05) is 76.6 Å². The van der Waals surface area contributed by atoms with Gasteiger partial charge in [-0.25, -0.2) is 0 Å². The number of halogens is 1. The quantitative estimate of drug-likeness (QED) is 0.206. The molecule has 3 aromatic carbocycles. The molecular weight excluding hydrogens is 710 g/mol. The van der Waals surface area contributed by atoms with Gasteiger partial charge in [-0.05, 0) is 65.2 Å². The van der Waals surface area contributed by atoms with Crippen LogP contribution in [0.3, 0.4) is 0 Å². The minimum Gasteiger partial charge on any atom is -0.484 e. The molecule has 2 aliphatic heterocycles. The zero-order valence-electron chi connectivity index (χ0n) is 26.5. The summed E-state index contributed by atoms with van der Waals surface area (Å²) in [7, 11) is 0.